The Labute approximate surface area is 176 Å². The van der Waals surface area contributed by atoms with Crippen molar-refractivity contribution in [3.05, 3.63) is 30.1 Å². The predicted octanol–water partition coefficient (Wildman–Crippen LogP) is 2.36. The molecule has 1 aromatic carbocycles. The number of anilines is 1. The average molecular weight is 429 g/mol. The van der Waals surface area contributed by atoms with Crippen LogP contribution in [0.25, 0.3) is 0 Å². The number of carbonyl (C=O) groups is 2. The van der Waals surface area contributed by atoms with Crippen LogP contribution in [0.4, 0.5) is 14.9 Å². The topological polar surface area (TPSA) is 96.7 Å². The molecule has 2 heterocycles. The number of nitrogens with one attached hydrogen (secondary N) is 2. The van der Waals surface area contributed by atoms with Crippen LogP contribution in [0.1, 0.15) is 25.7 Å². The second-order valence-corrected chi connectivity index (χ2v) is 7.61. The molecule has 4 N–H and O–H groups in total. The maximum absolute atomic E-state index is 13.2. The molecule has 1 aromatic rings. The van der Waals surface area contributed by atoms with E-state index in [9.17, 15) is 14.0 Å². The van der Waals surface area contributed by atoms with Crippen molar-refractivity contribution in [3.63, 3.8) is 0 Å². The van der Waals surface area contributed by atoms with Gasteiger partial charge in [0.05, 0.1) is 6.04 Å². The molecule has 0 aliphatic carbocycles. The Kier molecular flexibility index (Phi) is 9.13. The summed E-state index contributed by atoms with van der Waals surface area (Å²) in [5.41, 5.74) is 6.63. The first-order valence-corrected chi connectivity index (χ1v) is 9.95. The molecule has 2 atom stereocenters. The van der Waals surface area contributed by atoms with Gasteiger partial charge in [-0.2, -0.15) is 0 Å². The number of halogens is 2. The number of piperidine rings is 1. The van der Waals surface area contributed by atoms with E-state index < -0.39 is 11.9 Å². The fraction of sp³-hybridized carbons (Fsp3) is 0.600. The smallest absolute Gasteiger partial charge is 0.319 e. The number of urea groups is 1. The molecule has 2 aliphatic rings. The first-order chi connectivity index (χ1) is 13.5. The van der Waals surface area contributed by atoms with Crippen LogP contribution in [0.5, 0.6) is 0 Å². The molecule has 0 aromatic heterocycles. The van der Waals surface area contributed by atoms with Gasteiger partial charge in [0.2, 0.25) is 5.91 Å². The molecule has 9 heteroatoms. The normalized spacial score (nSPS) is 21.0. The van der Waals surface area contributed by atoms with Gasteiger partial charge in [0, 0.05) is 38.5 Å². The molecule has 2 unspecified atom stereocenters. The molecule has 0 radical (unpaired) electrons. The lowest BCUT2D eigenvalue weighted by molar-refractivity contribution is -0.136. The third-order valence-corrected chi connectivity index (χ3v) is 5.52. The van der Waals surface area contributed by atoms with Crippen molar-refractivity contribution in [2.45, 2.75) is 31.7 Å². The molecule has 2 fully saturated rings. The van der Waals surface area contributed by atoms with Crippen molar-refractivity contribution in [3.8, 4) is 0 Å². The summed E-state index contributed by atoms with van der Waals surface area (Å²) in [5, 5.41) is 5.43. The van der Waals surface area contributed by atoms with E-state index in [0.29, 0.717) is 38.5 Å². The third-order valence-electron chi connectivity index (χ3n) is 5.52. The molecule has 7 nitrogen and oxygen atoms in total. The number of hydrogen-bond donors (Lipinski definition) is 3. The number of nitrogens with zero attached hydrogens (tertiary/aromatic N) is 1. The molecule has 0 saturated carbocycles. The second kappa shape index (κ2) is 11.3. The number of nitrogens with two attached hydrogens (primary N) is 1. The van der Waals surface area contributed by atoms with Gasteiger partial charge in [0.25, 0.3) is 0 Å². The van der Waals surface area contributed by atoms with Crippen molar-refractivity contribution >= 4 is 30.0 Å². The molecule has 162 valence electrons. The van der Waals surface area contributed by atoms with E-state index in [2.05, 4.69) is 10.6 Å². The van der Waals surface area contributed by atoms with Crippen LogP contribution in [0, 0.1) is 17.7 Å². The highest BCUT2D eigenvalue weighted by Crippen LogP contribution is 2.22. The van der Waals surface area contributed by atoms with Crippen LogP contribution < -0.4 is 16.4 Å². The standard InChI is InChI=1S/C20H29FN4O3.ClH/c21-16-4-1-5-17(11-16)24-20(27)23-12-14-3-2-8-25(13-14)19(26)18(22)15-6-9-28-10-7-15;/h1,4-5,11,14-15,18H,2-3,6-10,12-13,22H2,(H2,23,24,27);1H. The Hall–Kier alpha value is -1.90. The molecule has 0 bridgehead atoms. The predicted molar refractivity (Wildman–Crippen MR) is 111 cm³/mol. The lowest BCUT2D eigenvalue weighted by Gasteiger charge is -2.36. The number of likely N-dealkylation sites (tertiary alicyclic amines) is 1. The minimum atomic E-state index is -0.480. The van der Waals surface area contributed by atoms with E-state index in [0.717, 1.165) is 25.7 Å². The molecule has 29 heavy (non-hydrogen) atoms. The molecule has 3 amide bonds. The zero-order valence-corrected chi connectivity index (χ0v) is 17.3. The highest BCUT2D eigenvalue weighted by Gasteiger charge is 2.32. The van der Waals surface area contributed by atoms with E-state index in [1.807, 2.05) is 4.90 Å². The number of rotatable bonds is 5. The van der Waals surface area contributed by atoms with Crippen LogP contribution in [0.15, 0.2) is 24.3 Å². The second-order valence-electron chi connectivity index (χ2n) is 7.61. The number of amides is 3. The van der Waals surface area contributed by atoms with E-state index >= 15 is 0 Å². The molecular weight excluding hydrogens is 399 g/mol. The van der Waals surface area contributed by atoms with Crippen LogP contribution >= 0.6 is 12.4 Å². The summed E-state index contributed by atoms with van der Waals surface area (Å²) in [4.78, 5) is 26.7. The van der Waals surface area contributed by atoms with Gasteiger partial charge in [-0.25, -0.2) is 9.18 Å². The van der Waals surface area contributed by atoms with Crippen LogP contribution in [0.3, 0.4) is 0 Å². The summed E-state index contributed by atoms with van der Waals surface area (Å²) in [7, 11) is 0. The van der Waals surface area contributed by atoms with E-state index in [1.54, 1.807) is 6.07 Å². The van der Waals surface area contributed by atoms with Crippen LogP contribution in [-0.2, 0) is 9.53 Å². The van der Waals surface area contributed by atoms with Crippen molar-refractivity contribution < 1.29 is 18.7 Å². The molecular formula is C20H30ClFN4O3. The van der Waals surface area contributed by atoms with E-state index in [-0.39, 0.29) is 36.2 Å². The zero-order valence-electron chi connectivity index (χ0n) is 16.4. The number of carbonyl (C=O) groups excluding carboxylic acids is 2. The number of hydrogen-bond acceptors (Lipinski definition) is 4. The maximum atomic E-state index is 13.2. The highest BCUT2D eigenvalue weighted by atomic mass is 35.5. The Morgan fingerprint density at radius 3 is 2.76 bits per heavy atom. The lowest BCUT2D eigenvalue weighted by atomic mass is 9.90. The summed E-state index contributed by atoms with van der Waals surface area (Å²) in [5.74, 6) is -0.0458. The van der Waals surface area contributed by atoms with E-state index in [4.69, 9.17) is 10.5 Å². The van der Waals surface area contributed by atoms with Gasteiger partial charge >= 0.3 is 6.03 Å². The maximum Gasteiger partial charge on any atom is 0.319 e. The lowest BCUT2D eigenvalue weighted by Crippen LogP contribution is -2.52. The van der Waals surface area contributed by atoms with Gasteiger partial charge in [-0.3, -0.25) is 4.79 Å². The summed E-state index contributed by atoms with van der Waals surface area (Å²) in [6, 6.07) is 4.89. The van der Waals surface area contributed by atoms with Crippen molar-refractivity contribution in [1.82, 2.24) is 10.2 Å². The first kappa shape index (κ1) is 23.4. The van der Waals surface area contributed by atoms with Gasteiger partial charge in [0.1, 0.15) is 5.82 Å². The van der Waals surface area contributed by atoms with Gasteiger partial charge < -0.3 is 26.0 Å². The van der Waals surface area contributed by atoms with Gasteiger partial charge in [-0.05, 0) is 55.7 Å². The van der Waals surface area contributed by atoms with Crippen LogP contribution in [0.2, 0.25) is 0 Å². The minimum absolute atomic E-state index is 0. The summed E-state index contributed by atoms with van der Waals surface area (Å²) in [6.07, 6.45) is 3.48. The monoisotopic (exact) mass is 428 g/mol. The Morgan fingerprint density at radius 2 is 2.03 bits per heavy atom. The largest absolute Gasteiger partial charge is 0.381 e. The molecule has 0 spiro atoms. The zero-order chi connectivity index (χ0) is 19.9. The Balaban J connectivity index is 0.00000300. The van der Waals surface area contributed by atoms with Gasteiger partial charge in [0.15, 0.2) is 0 Å². The van der Waals surface area contributed by atoms with Crippen molar-refractivity contribution in [2.75, 3.05) is 38.2 Å². The SMILES string of the molecule is Cl.NC(C(=O)N1CCCC(CNC(=O)Nc2cccc(F)c2)C1)C1CCOCC1. The fourth-order valence-electron chi connectivity index (χ4n) is 3.90. The third kappa shape index (κ3) is 6.83. The molecule has 3 rings (SSSR count). The summed E-state index contributed by atoms with van der Waals surface area (Å²) < 4.78 is 18.5. The summed E-state index contributed by atoms with van der Waals surface area (Å²) in [6.45, 7) is 3.09. The highest BCUT2D eigenvalue weighted by molar-refractivity contribution is 5.89. The van der Waals surface area contributed by atoms with Crippen molar-refractivity contribution in [2.24, 2.45) is 17.6 Å². The minimum Gasteiger partial charge on any atom is -0.381 e. The quantitative estimate of drug-likeness (QED) is 0.670. The Morgan fingerprint density at radius 1 is 1.28 bits per heavy atom. The van der Waals surface area contributed by atoms with Gasteiger partial charge in [-0.1, -0.05) is 6.07 Å². The fourth-order valence-corrected chi connectivity index (χ4v) is 3.90. The molecule has 2 aliphatic heterocycles. The molecule has 2 saturated heterocycles. The van der Waals surface area contributed by atoms with Crippen LogP contribution in [-0.4, -0.2) is 55.7 Å². The number of ether oxygens (including phenoxy) is 1. The van der Waals surface area contributed by atoms with Crippen molar-refractivity contribution in [1.29, 1.82) is 0 Å². The Bertz CT molecular complexity index is 687. The first-order valence-electron chi connectivity index (χ1n) is 9.95. The van der Waals surface area contributed by atoms with Gasteiger partial charge in [-0.15, -0.1) is 12.4 Å². The summed E-state index contributed by atoms with van der Waals surface area (Å²) >= 11 is 0. The average Bonchev–Trinajstić information content (AvgIpc) is 2.72. The van der Waals surface area contributed by atoms with E-state index in [1.165, 1.54) is 18.2 Å². The number of benzene rings is 1.